The Hall–Kier alpha value is -1.31. The Morgan fingerprint density at radius 3 is 2.40 bits per heavy atom. The van der Waals surface area contributed by atoms with Gasteiger partial charge in [0.25, 0.3) is 0 Å². The number of hydrogen-bond acceptors (Lipinski definition) is 3. The van der Waals surface area contributed by atoms with Crippen LogP contribution in [0.15, 0.2) is 17.1 Å². The summed E-state index contributed by atoms with van der Waals surface area (Å²) in [6.45, 7) is 6.39. The van der Waals surface area contributed by atoms with Gasteiger partial charge in [0.1, 0.15) is 11.3 Å². The zero-order valence-corrected chi connectivity index (χ0v) is 13.2. The summed E-state index contributed by atoms with van der Waals surface area (Å²) < 4.78 is 5.45. The van der Waals surface area contributed by atoms with Crippen LogP contribution in [-0.2, 0) is 15.7 Å². The first-order chi connectivity index (χ1) is 9.34. The Bertz CT molecular complexity index is 565. The summed E-state index contributed by atoms with van der Waals surface area (Å²) >= 11 is 6.36. The van der Waals surface area contributed by atoms with Gasteiger partial charge >= 0.3 is 0 Å². The van der Waals surface area contributed by atoms with Crippen LogP contribution >= 0.6 is 11.6 Å². The maximum absolute atomic E-state index is 10.8. The third-order valence-corrected chi connectivity index (χ3v) is 4.34. The molecule has 3 nitrogen and oxygen atoms in total. The van der Waals surface area contributed by atoms with Crippen LogP contribution < -0.4 is 4.74 Å². The molecule has 0 aromatic heterocycles. The van der Waals surface area contributed by atoms with Crippen molar-refractivity contribution in [1.82, 2.24) is 0 Å². The number of methoxy groups -OCH3 is 1. The van der Waals surface area contributed by atoms with Crippen molar-refractivity contribution in [1.29, 1.82) is 0 Å². The maximum atomic E-state index is 10.8. The highest BCUT2D eigenvalue weighted by molar-refractivity contribution is 6.32. The van der Waals surface area contributed by atoms with Gasteiger partial charge in [0.15, 0.2) is 0 Å². The lowest BCUT2D eigenvalue weighted by Gasteiger charge is -2.39. The number of hydrogen-bond donors (Lipinski definition) is 0. The molecule has 0 heterocycles. The third kappa shape index (κ3) is 2.48. The number of carbonyl (C=O) groups excluding carboxylic acids is 1. The van der Waals surface area contributed by atoms with Gasteiger partial charge in [0.05, 0.1) is 12.1 Å². The lowest BCUT2D eigenvalue weighted by molar-refractivity contribution is 0.245. The number of aliphatic imine (C=N–C) groups is 1. The Morgan fingerprint density at radius 2 is 2.00 bits per heavy atom. The summed E-state index contributed by atoms with van der Waals surface area (Å²) in [6.07, 6.45) is 4.43. The minimum atomic E-state index is -0.502. The summed E-state index contributed by atoms with van der Waals surface area (Å²) in [4.78, 5) is 14.8. The van der Waals surface area contributed by atoms with E-state index in [1.165, 1.54) is 0 Å². The maximum Gasteiger partial charge on any atom is 0.235 e. The van der Waals surface area contributed by atoms with E-state index in [4.69, 9.17) is 16.3 Å². The molecule has 0 aliphatic heterocycles. The molecule has 1 aromatic rings. The molecule has 0 bridgehead atoms. The topological polar surface area (TPSA) is 38.7 Å². The first kappa shape index (κ1) is 15.1. The van der Waals surface area contributed by atoms with E-state index in [1.807, 2.05) is 6.07 Å². The molecule has 1 aromatic carbocycles. The Kier molecular flexibility index (Phi) is 3.95. The summed E-state index contributed by atoms with van der Waals surface area (Å²) in [7, 11) is 1.60. The second-order valence-corrected chi connectivity index (χ2v) is 6.78. The fourth-order valence-electron chi connectivity index (χ4n) is 2.62. The van der Waals surface area contributed by atoms with Gasteiger partial charge in [-0.05, 0) is 42.4 Å². The van der Waals surface area contributed by atoms with Crippen molar-refractivity contribution in [2.45, 2.75) is 51.0 Å². The number of ether oxygens (including phenoxy) is 1. The van der Waals surface area contributed by atoms with E-state index in [-0.39, 0.29) is 5.41 Å². The smallest absolute Gasteiger partial charge is 0.235 e. The fraction of sp³-hybridized carbons (Fsp3) is 0.562. The summed E-state index contributed by atoms with van der Waals surface area (Å²) in [5.41, 5.74) is 1.50. The Balaban J connectivity index is 2.66. The molecular weight excluding hydrogens is 274 g/mol. The summed E-state index contributed by atoms with van der Waals surface area (Å²) in [5.74, 6) is 0.623. The summed E-state index contributed by atoms with van der Waals surface area (Å²) in [6, 6.07) is 4.01. The van der Waals surface area contributed by atoms with Crippen LogP contribution in [0.3, 0.4) is 0 Å². The SMILES string of the molecule is COc1c(Cl)cc(C(C)(C)C)cc1C1(N=C=O)CCC1. The zero-order valence-electron chi connectivity index (χ0n) is 12.4. The Labute approximate surface area is 125 Å². The van der Waals surface area contributed by atoms with Crippen molar-refractivity contribution >= 4 is 17.7 Å². The van der Waals surface area contributed by atoms with Gasteiger partial charge in [-0.2, -0.15) is 4.99 Å². The molecule has 4 heteroatoms. The van der Waals surface area contributed by atoms with Crippen LogP contribution in [0.5, 0.6) is 5.75 Å². The van der Waals surface area contributed by atoms with Crippen molar-refractivity contribution in [3.63, 3.8) is 0 Å². The van der Waals surface area contributed by atoms with Crippen LogP contribution in [0.25, 0.3) is 0 Å². The van der Waals surface area contributed by atoms with E-state index in [0.29, 0.717) is 10.8 Å². The van der Waals surface area contributed by atoms with E-state index >= 15 is 0 Å². The lowest BCUT2D eigenvalue weighted by atomic mass is 9.70. The highest BCUT2D eigenvalue weighted by Crippen LogP contribution is 2.50. The number of nitrogens with zero attached hydrogens (tertiary/aromatic N) is 1. The van der Waals surface area contributed by atoms with Crippen molar-refractivity contribution in [2.75, 3.05) is 7.11 Å². The predicted octanol–water partition coefficient (Wildman–Crippen LogP) is 4.36. The second kappa shape index (κ2) is 5.23. The van der Waals surface area contributed by atoms with Crippen LogP contribution in [0.1, 0.15) is 51.2 Å². The van der Waals surface area contributed by atoms with E-state index in [9.17, 15) is 4.79 Å². The van der Waals surface area contributed by atoms with Gasteiger partial charge in [0.2, 0.25) is 6.08 Å². The molecule has 0 atom stereocenters. The molecule has 2 rings (SSSR count). The molecule has 0 spiro atoms. The molecule has 1 aliphatic carbocycles. The van der Waals surface area contributed by atoms with E-state index < -0.39 is 5.54 Å². The van der Waals surface area contributed by atoms with Gasteiger partial charge in [-0.3, -0.25) is 0 Å². The number of benzene rings is 1. The first-order valence-electron chi connectivity index (χ1n) is 6.81. The second-order valence-electron chi connectivity index (χ2n) is 6.38. The third-order valence-electron chi connectivity index (χ3n) is 4.06. The molecule has 0 radical (unpaired) electrons. The lowest BCUT2D eigenvalue weighted by Crippen LogP contribution is -2.33. The van der Waals surface area contributed by atoms with Crippen molar-refractivity contribution in [2.24, 2.45) is 4.99 Å². The molecule has 0 amide bonds. The zero-order chi connectivity index (χ0) is 15.0. The van der Waals surface area contributed by atoms with Crippen molar-refractivity contribution < 1.29 is 9.53 Å². The molecule has 1 aliphatic rings. The molecule has 0 unspecified atom stereocenters. The number of halogens is 1. The monoisotopic (exact) mass is 293 g/mol. The van der Waals surface area contributed by atoms with Gasteiger partial charge in [-0.1, -0.05) is 32.4 Å². The molecule has 0 N–H and O–H groups in total. The van der Waals surface area contributed by atoms with Crippen LogP contribution in [0.2, 0.25) is 5.02 Å². The highest BCUT2D eigenvalue weighted by atomic mass is 35.5. The molecule has 1 saturated carbocycles. The first-order valence-corrected chi connectivity index (χ1v) is 7.19. The molecular formula is C16H20ClNO2. The van der Waals surface area contributed by atoms with Crippen LogP contribution in [-0.4, -0.2) is 13.2 Å². The van der Waals surface area contributed by atoms with Gasteiger partial charge in [-0.25, -0.2) is 4.79 Å². The standard InChI is InChI=1S/C16H20ClNO2/c1-15(2,3)11-8-12(14(20-4)13(17)9-11)16(18-10-19)6-5-7-16/h8-9H,5-7H2,1-4H3. The predicted molar refractivity (Wildman–Crippen MR) is 80.4 cm³/mol. The number of isocyanates is 1. The average molecular weight is 294 g/mol. The molecule has 1 fully saturated rings. The van der Waals surface area contributed by atoms with Gasteiger partial charge < -0.3 is 4.74 Å². The van der Waals surface area contributed by atoms with Crippen molar-refractivity contribution in [3.05, 3.63) is 28.3 Å². The average Bonchev–Trinajstić information content (AvgIpc) is 2.31. The van der Waals surface area contributed by atoms with E-state index in [1.54, 1.807) is 13.2 Å². The quantitative estimate of drug-likeness (QED) is 0.613. The minimum absolute atomic E-state index is 0.0273. The largest absolute Gasteiger partial charge is 0.495 e. The van der Waals surface area contributed by atoms with Crippen LogP contribution in [0, 0.1) is 0 Å². The van der Waals surface area contributed by atoms with Crippen LogP contribution in [0.4, 0.5) is 0 Å². The Morgan fingerprint density at radius 1 is 1.35 bits per heavy atom. The fourth-order valence-corrected chi connectivity index (χ4v) is 2.92. The number of rotatable bonds is 3. The summed E-state index contributed by atoms with van der Waals surface area (Å²) in [5, 5.41) is 0.572. The van der Waals surface area contributed by atoms with Crippen molar-refractivity contribution in [3.8, 4) is 5.75 Å². The van der Waals surface area contributed by atoms with Gasteiger partial charge in [-0.15, -0.1) is 0 Å². The highest BCUT2D eigenvalue weighted by Gasteiger charge is 2.42. The minimum Gasteiger partial charge on any atom is -0.495 e. The molecule has 20 heavy (non-hydrogen) atoms. The van der Waals surface area contributed by atoms with E-state index in [0.717, 1.165) is 30.4 Å². The molecule has 0 saturated heterocycles. The normalized spacial score (nSPS) is 17.1. The van der Waals surface area contributed by atoms with E-state index in [2.05, 4.69) is 31.8 Å². The van der Waals surface area contributed by atoms with Gasteiger partial charge in [0, 0.05) is 5.56 Å². The molecule has 108 valence electrons.